The lowest BCUT2D eigenvalue weighted by Gasteiger charge is -2.17. The third-order valence-electron chi connectivity index (χ3n) is 3.01. The Labute approximate surface area is 126 Å². The van der Waals surface area contributed by atoms with Crippen LogP contribution in [0.2, 0.25) is 0 Å². The Morgan fingerprint density at radius 2 is 2.10 bits per heavy atom. The number of aromatic nitrogens is 2. The van der Waals surface area contributed by atoms with Crippen molar-refractivity contribution in [1.82, 2.24) is 15.1 Å². The second kappa shape index (κ2) is 7.52. The molecule has 0 aliphatic heterocycles. The van der Waals surface area contributed by atoms with E-state index in [1.54, 1.807) is 0 Å². The fourth-order valence-corrected chi connectivity index (χ4v) is 2.35. The maximum atomic E-state index is 8.88. The number of aliphatic hydroxyl groups is 1. The summed E-state index contributed by atoms with van der Waals surface area (Å²) < 4.78 is 6.64. The van der Waals surface area contributed by atoms with Gasteiger partial charge in [-0.25, -0.2) is 0 Å². The zero-order valence-corrected chi connectivity index (χ0v) is 13.0. The molecule has 6 heteroatoms. The first-order chi connectivity index (χ1) is 9.74. The van der Waals surface area contributed by atoms with Crippen molar-refractivity contribution in [3.05, 3.63) is 34.6 Å². The molecular weight excluding hydrogens is 322 g/mol. The Balaban J connectivity index is 2.07. The Bertz CT molecular complexity index is 545. The lowest BCUT2D eigenvalue weighted by Crippen LogP contribution is -2.24. The highest BCUT2D eigenvalue weighted by Crippen LogP contribution is 2.26. The summed E-state index contributed by atoms with van der Waals surface area (Å²) in [4.78, 5) is 2.16. The van der Waals surface area contributed by atoms with E-state index in [9.17, 15) is 0 Å². The topological polar surface area (TPSA) is 62.4 Å². The first-order valence-corrected chi connectivity index (χ1v) is 7.44. The number of aliphatic hydroxyl groups excluding tert-OH is 1. The van der Waals surface area contributed by atoms with E-state index >= 15 is 0 Å². The van der Waals surface area contributed by atoms with Gasteiger partial charge in [0.05, 0.1) is 12.1 Å². The largest absolute Gasteiger partial charge is 0.419 e. The van der Waals surface area contributed by atoms with Gasteiger partial charge in [-0.05, 0) is 41.0 Å². The van der Waals surface area contributed by atoms with Crippen LogP contribution in [-0.2, 0) is 6.54 Å². The van der Waals surface area contributed by atoms with Crippen LogP contribution in [0.4, 0.5) is 0 Å². The summed E-state index contributed by atoms with van der Waals surface area (Å²) >= 11 is 3.47. The van der Waals surface area contributed by atoms with Crippen LogP contribution in [0, 0.1) is 0 Å². The lowest BCUT2D eigenvalue weighted by atomic mass is 10.2. The quantitative estimate of drug-likeness (QED) is 0.840. The third kappa shape index (κ3) is 3.88. The standard InChI is InChI=1S/C14H18BrN3O2/c1-2-18(8-5-9-19)10-13-16-17-14(20-13)11-6-3-4-7-12(11)15/h3-4,6-7,19H,2,5,8-10H2,1H3. The molecule has 0 fully saturated rings. The van der Waals surface area contributed by atoms with Crippen LogP contribution in [-0.4, -0.2) is 39.9 Å². The highest BCUT2D eigenvalue weighted by Gasteiger charge is 2.13. The van der Waals surface area contributed by atoms with Crippen LogP contribution in [0.5, 0.6) is 0 Å². The van der Waals surface area contributed by atoms with Crippen LogP contribution in [0.3, 0.4) is 0 Å². The molecule has 0 spiro atoms. The minimum Gasteiger partial charge on any atom is -0.419 e. The van der Waals surface area contributed by atoms with E-state index < -0.39 is 0 Å². The van der Waals surface area contributed by atoms with Gasteiger partial charge in [0.15, 0.2) is 0 Å². The molecule has 1 heterocycles. The molecule has 1 N–H and O–H groups in total. The average molecular weight is 340 g/mol. The second-order valence-corrected chi connectivity index (χ2v) is 5.28. The van der Waals surface area contributed by atoms with Gasteiger partial charge in [-0.15, -0.1) is 10.2 Å². The van der Waals surface area contributed by atoms with Crippen molar-refractivity contribution in [2.75, 3.05) is 19.7 Å². The molecule has 0 saturated heterocycles. The molecule has 5 nitrogen and oxygen atoms in total. The van der Waals surface area contributed by atoms with Gasteiger partial charge in [0.25, 0.3) is 0 Å². The fourth-order valence-electron chi connectivity index (χ4n) is 1.90. The van der Waals surface area contributed by atoms with Crippen molar-refractivity contribution in [3.8, 4) is 11.5 Å². The van der Waals surface area contributed by atoms with Crippen LogP contribution in [0.25, 0.3) is 11.5 Å². The summed E-state index contributed by atoms with van der Waals surface area (Å²) in [5.41, 5.74) is 0.893. The Morgan fingerprint density at radius 3 is 2.80 bits per heavy atom. The third-order valence-corrected chi connectivity index (χ3v) is 3.70. The molecule has 0 aliphatic carbocycles. The van der Waals surface area contributed by atoms with Gasteiger partial charge in [-0.2, -0.15) is 0 Å². The van der Waals surface area contributed by atoms with Crippen molar-refractivity contribution in [3.63, 3.8) is 0 Å². The maximum absolute atomic E-state index is 8.88. The van der Waals surface area contributed by atoms with Gasteiger partial charge in [-0.3, -0.25) is 4.90 Å². The second-order valence-electron chi connectivity index (χ2n) is 4.43. The summed E-state index contributed by atoms with van der Waals surface area (Å²) in [7, 11) is 0. The minimum absolute atomic E-state index is 0.197. The SMILES string of the molecule is CCN(CCCO)Cc1nnc(-c2ccccc2Br)o1. The van der Waals surface area contributed by atoms with E-state index in [1.807, 2.05) is 24.3 Å². The lowest BCUT2D eigenvalue weighted by molar-refractivity contribution is 0.212. The maximum Gasteiger partial charge on any atom is 0.248 e. The Morgan fingerprint density at radius 1 is 1.30 bits per heavy atom. The number of halogens is 1. The van der Waals surface area contributed by atoms with Crippen LogP contribution in [0.1, 0.15) is 19.2 Å². The molecule has 0 bridgehead atoms. The predicted molar refractivity (Wildman–Crippen MR) is 80.1 cm³/mol. The molecule has 2 aromatic rings. The van der Waals surface area contributed by atoms with Gasteiger partial charge in [0, 0.05) is 17.6 Å². The van der Waals surface area contributed by atoms with Gasteiger partial charge in [-0.1, -0.05) is 19.1 Å². The number of hydrogen-bond donors (Lipinski definition) is 1. The first kappa shape index (κ1) is 15.2. The molecule has 1 aromatic carbocycles. The van der Waals surface area contributed by atoms with Gasteiger partial charge in [0.1, 0.15) is 0 Å². The van der Waals surface area contributed by atoms with Crippen molar-refractivity contribution in [2.24, 2.45) is 0 Å². The number of benzene rings is 1. The van der Waals surface area contributed by atoms with Gasteiger partial charge >= 0.3 is 0 Å². The number of rotatable bonds is 7. The predicted octanol–water partition coefficient (Wildman–Crippen LogP) is 2.70. The van der Waals surface area contributed by atoms with E-state index in [0.717, 1.165) is 29.5 Å². The van der Waals surface area contributed by atoms with E-state index in [1.165, 1.54) is 0 Å². The zero-order valence-electron chi connectivity index (χ0n) is 11.4. The summed E-state index contributed by atoms with van der Waals surface area (Å²) in [5, 5.41) is 17.1. The average Bonchev–Trinajstić information content (AvgIpc) is 2.92. The van der Waals surface area contributed by atoms with Gasteiger partial charge in [0.2, 0.25) is 11.8 Å². The Kier molecular flexibility index (Phi) is 5.70. The van der Waals surface area contributed by atoms with Crippen LogP contribution in [0.15, 0.2) is 33.2 Å². The molecule has 0 unspecified atom stereocenters. The number of hydrogen-bond acceptors (Lipinski definition) is 5. The molecule has 108 valence electrons. The summed E-state index contributed by atoms with van der Waals surface area (Å²) in [6, 6.07) is 7.76. The Hall–Kier alpha value is -1.24. The van der Waals surface area contributed by atoms with Crippen molar-refractivity contribution in [2.45, 2.75) is 19.9 Å². The first-order valence-electron chi connectivity index (χ1n) is 6.65. The van der Waals surface area contributed by atoms with E-state index in [2.05, 4.69) is 38.0 Å². The van der Waals surface area contributed by atoms with E-state index in [-0.39, 0.29) is 6.61 Å². The summed E-state index contributed by atoms with van der Waals surface area (Å²) in [6.07, 6.45) is 0.749. The highest BCUT2D eigenvalue weighted by atomic mass is 79.9. The van der Waals surface area contributed by atoms with E-state index in [4.69, 9.17) is 9.52 Å². The molecule has 0 saturated carbocycles. The molecule has 1 aromatic heterocycles. The smallest absolute Gasteiger partial charge is 0.248 e. The normalized spacial score (nSPS) is 11.2. The monoisotopic (exact) mass is 339 g/mol. The van der Waals surface area contributed by atoms with Crippen LogP contribution >= 0.6 is 15.9 Å². The van der Waals surface area contributed by atoms with Crippen molar-refractivity contribution < 1.29 is 9.52 Å². The van der Waals surface area contributed by atoms with E-state index in [0.29, 0.717) is 18.3 Å². The van der Waals surface area contributed by atoms with Crippen LogP contribution < -0.4 is 0 Å². The minimum atomic E-state index is 0.197. The molecule has 0 amide bonds. The molecule has 0 radical (unpaired) electrons. The van der Waals surface area contributed by atoms with Crippen molar-refractivity contribution in [1.29, 1.82) is 0 Å². The molecular formula is C14H18BrN3O2. The summed E-state index contributed by atoms with van der Waals surface area (Å²) in [6.45, 7) is 4.57. The molecule has 0 atom stereocenters. The zero-order chi connectivity index (χ0) is 14.4. The molecule has 2 rings (SSSR count). The van der Waals surface area contributed by atoms with Crippen molar-refractivity contribution >= 4 is 15.9 Å². The van der Waals surface area contributed by atoms with Gasteiger partial charge < -0.3 is 9.52 Å². The number of nitrogens with zero attached hydrogens (tertiary/aromatic N) is 3. The fraction of sp³-hybridized carbons (Fsp3) is 0.429. The molecule has 20 heavy (non-hydrogen) atoms. The summed E-state index contributed by atoms with van der Waals surface area (Å²) in [5.74, 6) is 1.11. The molecule has 0 aliphatic rings. The highest BCUT2D eigenvalue weighted by molar-refractivity contribution is 9.10.